The lowest BCUT2D eigenvalue weighted by Gasteiger charge is -2.28. The quantitative estimate of drug-likeness (QED) is 0.609. The zero-order valence-corrected chi connectivity index (χ0v) is 10.4. The maximum atomic E-state index is 12.0. The average molecular weight is 251 g/mol. The third kappa shape index (κ3) is 2.44. The molecule has 0 bridgehead atoms. The van der Waals surface area contributed by atoms with Crippen molar-refractivity contribution in [1.29, 1.82) is 0 Å². The summed E-state index contributed by atoms with van der Waals surface area (Å²) in [6, 6.07) is 0.960. The molecule has 5 heteroatoms. The van der Waals surface area contributed by atoms with Crippen LogP contribution < -0.4 is 0 Å². The highest BCUT2D eigenvalue weighted by atomic mass is 16.6. The topological polar surface area (TPSA) is 73.3 Å². The van der Waals surface area contributed by atoms with Crippen LogP contribution in [0, 0.1) is 16.0 Å². The maximum Gasteiger partial charge on any atom is 0.217 e. The summed E-state index contributed by atoms with van der Waals surface area (Å²) < 4.78 is 5.02. The number of nitro groups is 1. The smallest absolute Gasteiger partial charge is 0.217 e. The average Bonchev–Trinajstić information content (AvgIpc) is 2.85. The largest absolute Gasteiger partial charge is 0.472 e. The van der Waals surface area contributed by atoms with Crippen molar-refractivity contribution in [3.05, 3.63) is 34.3 Å². The molecule has 1 aliphatic rings. The van der Waals surface area contributed by atoms with Crippen LogP contribution in [-0.4, -0.2) is 16.7 Å². The molecule has 0 amide bonds. The van der Waals surface area contributed by atoms with E-state index in [0.717, 1.165) is 24.8 Å². The van der Waals surface area contributed by atoms with Crippen LogP contribution >= 0.6 is 0 Å². The van der Waals surface area contributed by atoms with E-state index in [4.69, 9.17) is 4.42 Å². The first-order valence-electron chi connectivity index (χ1n) is 6.29. The third-order valence-corrected chi connectivity index (χ3v) is 3.82. The minimum absolute atomic E-state index is 0.154. The van der Waals surface area contributed by atoms with E-state index in [1.165, 1.54) is 12.5 Å². The Morgan fingerprint density at radius 3 is 2.83 bits per heavy atom. The Bertz CT molecular complexity index is 426. The van der Waals surface area contributed by atoms with E-state index < -0.39 is 6.04 Å². The highest BCUT2D eigenvalue weighted by molar-refractivity contribution is 5.82. The molecule has 0 aromatic carbocycles. The molecular formula is C13H17NO4. The van der Waals surface area contributed by atoms with Crippen LogP contribution in [0.1, 0.15) is 44.1 Å². The normalized spacial score (nSPS) is 23.6. The van der Waals surface area contributed by atoms with E-state index in [2.05, 4.69) is 0 Å². The second-order valence-electron chi connectivity index (χ2n) is 4.93. The maximum absolute atomic E-state index is 12.0. The molecule has 5 nitrogen and oxygen atoms in total. The van der Waals surface area contributed by atoms with Gasteiger partial charge in [-0.2, -0.15) is 0 Å². The van der Waals surface area contributed by atoms with E-state index >= 15 is 0 Å². The molecule has 0 radical (unpaired) electrons. The molecule has 1 aromatic rings. The fraction of sp³-hybridized carbons (Fsp3) is 0.615. The lowest BCUT2D eigenvalue weighted by atomic mass is 9.74. The van der Waals surface area contributed by atoms with Crippen LogP contribution in [0.3, 0.4) is 0 Å². The number of nitrogens with zero attached hydrogens (tertiary/aromatic N) is 1. The summed E-state index contributed by atoms with van der Waals surface area (Å²) in [6.07, 6.45) is 6.18. The molecule has 2 rings (SSSR count). The first-order valence-corrected chi connectivity index (χ1v) is 6.29. The fourth-order valence-corrected chi connectivity index (χ4v) is 2.83. The lowest BCUT2D eigenvalue weighted by molar-refractivity contribution is -0.523. The van der Waals surface area contributed by atoms with Gasteiger partial charge in [-0.1, -0.05) is 6.42 Å². The molecular weight excluding hydrogens is 234 g/mol. The van der Waals surface area contributed by atoms with Gasteiger partial charge in [0.1, 0.15) is 5.78 Å². The molecule has 1 unspecified atom stereocenters. The Morgan fingerprint density at radius 2 is 2.28 bits per heavy atom. The van der Waals surface area contributed by atoms with Gasteiger partial charge in [0.2, 0.25) is 6.04 Å². The summed E-state index contributed by atoms with van der Waals surface area (Å²) in [4.78, 5) is 22.7. The number of hydrogen-bond acceptors (Lipinski definition) is 4. The predicted octanol–water partition coefficient (Wildman–Crippen LogP) is 2.79. The minimum atomic E-state index is -0.769. The SMILES string of the molecule is CC([C@H](c1ccoc1)[C@H]1CCCCC1=O)[N+](=O)[O-]. The standard InChI is InChI=1S/C13H17NO4/c1-9(14(16)17)13(10-6-7-18-8-10)11-4-2-3-5-12(11)15/h6-9,11,13H,2-5H2,1H3/t9?,11-,13+/m0/s1. The number of hydrogen-bond donors (Lipinski definition) is 0. The molecule has 1 aromatic heterocycles. The van der Waals surface area contributed by atoms with Crippen molar-refractivity contribution >= 4 is 5.78 Å². The van der Waals surface area contributed by atoms with Crippen LogP contribution in [-0.2, 0) is 4.79 Å². The second-order valence-corrected chi connectivity index (χ2v) is 4.93. The molecule has 1 fully saturated rings. The molecule has 0 aliphatic heterocycles. The molecule has 0 spiro atoms. The predicted molar refractivity (Wildman–Crippen MR) is 64.9 cm³/mol. The zero-order chi connectivity index (χ0) is 13.1. The van der Waals surface area contributed by atoms with Gasteiger partial charge in [-0.15, -0.1) is 0 Å². The first kappa shape index (κ1) is 12.8. The molecule has 1 saturated carbocycles. The Balaban J connectivity index is 2.29. The molecule has 98 valence electrons. The summed E-state index contributed by atoms with van der Waals surface area (Å²) >= 11 is 0. The fourth-order valence-electron chi connectivity index (χ4n) is 2.83. The van der Waals surface area contributed by atoms with Gasteiger partial charge in [0.15, 0.2) is 0 Å². The van der Waals surface area contributed by atoms with Gasteiger partial charge in [0.25, 0.3) is 0 Å². The summed E-state index contributed by atoms with van der Waals surface area (Å²) in [5.74, 6) is -0.454. The van der Waals surface area contributed by atoms with E-state index in [0.29, 0.717) is 6.42 Å². The number of Topliss-reactive ketones (excluding diaryl/α,β-unsaturated/α-hetero) is 1. The minimum Gasteiger partial charge on any atom is -0.472 e. The van der Waals surface area contributed by atoms with Gasteiger partial charge in [-0.05, 0) is 18.9 Å². The summed E-state index contributed by atoms with van der Waals surface area (Å²) in [7, 11) is 0. The van der Waals surface area contributed by atoms with Crippen LogP contribution in [0.4, 0.5) is 0 Å². The monoisotopic (exact) mass is 251 g/mol. The van der Waals surface area contributed by atoms with Gasteiger partial charge < -0.3 is 4.42 Å². The number of carbonyl (C=O) groups excluding carboxylic acids is 1. The molecule has 18 heavy (non-hydrogen) atoms. The number of carbonyl (C=O) groups is 1. The lowest BCUT2D eigenvalue weighted by Crippen LogP contribution is -2.35. The molecule has 1 heterocycles. The Labute approximate surface area is 105 Å². The van der Waals surface area contributed by atoms with E-state index in [-0.39, 0.29) is 22.5 Å². The van der Waals surface area contributed by atoms with E-state index in [1.54, 1.807) is 13.0 Å². The number of rotatable bonds is 4. The van der Waals surface area contributed by atoms with Gasteiger partial charge in [0, 0.05) is 29.7 Å². The number of ketones is 1. The van der Waals surface area contributed by atoms with Crippen molar-refractivity contribution in [2.45, 2.75) is 44.6 Å². The molecule has 0 N–H and O–H groups in total. The summed E-state index contributed by atoms with van der Waals surface area (Å²) in [5, 5.41) is 11.0. The van der Waals surface area contributed by atoms with Crippen molar-refractivity contribution in [2.24, 2.45) is 5.92 Å². The van der Waals surface area contributed by atoms with Gasteiger partial charge in [0.05, 0.1) is 18.4 Å². The van der Waals surface area contributed by atoms with Gasteiger partial charge in [-0.3, -0.25) is 14.9 Å². The van der Waals surface area contributed by atoms with Gasteiger partial charge >= 0.3 is 0 Å². The van der Waals surface area contributed by atoms with E-state index in [9.17, 15) is 14.9 Å². The van der Waals surface area contributed by atoms with Crippen molar-refractivity contribution in [3.8, 4) is 0 Å². The first-order chi connectivity index (χ1) is 8.61. The summed E-state index contributed by atoms with van der Waals surface area (Å²) in [6.45, 7) is 1.57. The highest BCUT2D eigenvalue weighted by Gasteiger charge is 2.40. The summed E-state index contributed by atoms with van der Waals surface area (Å²) in [5.41, 5.74) is 0.763. The second kappa shape index (κ2) is 5.33. The van der Waals surface area contributed by atoms with Crippen LogP contribution in [0.2, 0.25) is 0 Å². The number of furan rings is 1. The molecule has 0 saturated heterocycles. The van der Waals surface area contributed by atoms with Crippen molar-refractivity contribution in [3.63, 3.8) is 0 Å². The van der Waals surface area contributed by atoms with Crippen molar-refractivity contribution in [1.82, 2.24) is 0 Å². The van der Waals surface area contributed by atoms with Crippen molar-refractivity contribution < 1.29 is 14.1 Å². The zero-order valence-electron chi connectivity index (χ0n) is 10.4. The molecule has 1 aliphatic carbocycles. The Kier molecular flexibility index (Phi) is 3.79. The Hall–Kier alpha value is -1.65. The third-order valence-electron chi connectivity index (χ3n) is 3.82. The van der Waals surface area contributed by atoms with Crippen LogP contribution in [0.5, 0.6) is 0 Å². The van der Waals surface area contributed by atoms with Crippen LogP contribution in [0.25, 0.3) is 0 Å². The van der Waals surface area contributed by atoms with Crippen molar-refractivity contribution in [2.75, 3.05) is 0 Å². The van der Waals surface area contributed by atoms with Gasteiger partial charge in [-0.25, -0.2) is 0 Å². The van der Waals surface area contributed by atoms with E-state index in [1.807, 2.05) is 0 Å². The Morgan fingerprint density at radius 1 is 1.50 bits per heavy atom. The molecule has 3 atom stereocenters. The van der Waals surface area contributed by atoms with Crippen LogP contribution in [0.15, 0.2) is 23.0 Å². The highest BCUT2D eigenvalue weighted by Crippen LogP contribution is 2.37.